The van der Waals surface area contributed by atoms with Crippen LogP contribution in [0.2, 0.25) is 0 Å². The predicted octanol–water partition coefficient (Wildman–Crippen LogP) is 0.447. The van der Waals surface area contributed by atoms with E-state index >= 15 is 0 Å². The quantitative estimate of drug-likeness (QED) is 0.623. The third-order valence-electron chi connectivity index (χ3n) is 2.36. The van der Waals surface area contributed by atoms with Crippen LogP contribution in [0, 0.1) is 0 Å². The lowest BCUT2D eigenvalue weighted by Crippen LogP contribution is -2.39. The minimum absolute atomic E-state index is 0.0200. The molecule has 108 valence electrons. The molecule has 0 spiro atoms. The number of amides is 3. The molecule has 0 unspecified atom stereocenters. The predicted molar refractivity (Wildman–Crippen MR) is 68.5 cm³/mol. The monoisotopic (exact) mass is 280 g/mol. The lowest BCUT2D eigenvalue weighted by Gasteiger charge is -2.05. The second-order valence-electron chi connectivity index (χ2n) is 4.05. The molecule has 20 heavy (non-hydrogen) atoms. The minimum Gasteiger partial charge on any atom is -0.481 e. The van der Waals surface area contributed by atoms with Crippen molar-refractivity contribution in [2.75, 3.05) is 0 Å². The first-order chi connectivity index (χ1) is 9.58. The number of carboxylic acids is 1. The van der Waals surface area contributed by atoms with Gasteiger partial charge in [-0.1, -0.05) is 0 Å². The second kappa shape index (κ2) is 8.57. The Hall–Kier alpha value is -2.51. The van der Waals surface area contributed by atoms with Crippen LogP contribution < -0.4 is 10.6 Å². The summed E-state index contributed by atoms with van der Waals surface area (Å²) in [5, 5.41) is 20.5. The number of aromatic nitrogens is 2. The van der Waals surface area contributed by atoms with Gasteiger partial charge < -0.3 is 10.4 Å². The van der Waals surface area contributed by atoms with Crippen molar-refractivity contribution in [3.63, 3.8) is 0 Å². The number of hydrogen-bond donors (Lipinski definition) is 3. The highest BCUT2D eigenvalue weighted by molar-refractivity contribution is 5.94. The number of carbonyl (C=O) groups is 3. The Morgan fingerprint density at radius 3 is 2.60 bits per heavy atom. The molecule has 0 saturated carbocycles. The second-order valence-corrected chi connectivity index (χ2v) is 4.05. The van der Waals surface area contributed by atoms with E-state index in [9.17, 15) is 14.4 Å². The fourth-order valence-electron chi connectivity index (χ4n) is 1.39. The van der Waals surface area contributed by atoms with E-state index in [1.807, 2.05) is 0 Å². The summed E-state index contributed by atoms with van der Waals surface area (Å²) < 4.78 is 0. The number of urea groups is 1. The summed E-state index contributed by atoms with van der Waals surface area (Å²) in [6.07, 6.45) is 2.49. The van der Waals surface area contributed by atoms with Gasteiger partial charge in [0.05, 0.1) is 12.2 Å². The number of nitrogens with zero attached hydrogens (tertiary/aromatic N) is 2. The highest BCUT2D eigenvalue weighted by atomic mass is 16.4. The highest BCUT2D eigenvalue weighted by Gasteiger charge is 2.07. The van der Waals surface area contributed by atoms with E-state index in [0.717, 1.165) is 0 Å². The third-order valence-corrected chi connectivity index (χ3v) is 2.36. The standard InChI is InChI=1S/C12H16N4O4/c17-10(5-1-2-6-11(18)19)15-12(20)13-8-9-4-3-7-14-16-9/h3-4,7H,1-2,5-6,8H2,(H,18,19)(H2,13,15,17,20). The summed E-state index contributed by atoms with van der Waals surface area (Å²) in [5.74, 6) is -1.33. The van der Waals surface area contributed by atoms with Crippen molar-refractivity contribution in [3.8, 4) is 0 Å². The number of rotatable bonds is 7. The van der Waals surface area contributed by atoms with Gasteiger partial charge >= 0.3 is 12.0 Å². The highest BCUT2D eigenvalue weighted by Crippen LogP contribution is 1.99. The van der Waals surface area contributed by atoms with Crippen LogP contribution >= 0.6 is 0 Å². The Labute approximate surface area is 115 Å². The number of carboxylic acid groups (broad SMARTS) is 1. The normalized spacial score (nSPS) is 9.80. The summed E-state index contributed by atoms with van der Waals surface area (Å²) in [6, 6.07) is 2.77. The molecule has 1 heterocycles. The Morgan fingerprint density at radius 1 is 1.20 bits per heavy atom. The van der Waals surface area contributed by atoms with Crippen molar-refractivity contribution in [1.82, 2.24) is 20.8 Å². The zero-order valence-corrected chi connectivity index (χ0v) is 10.8. The van der Waals surface area contributed by atoms with Crippen LogP contribution in [0.15, 0.2) is 18.3 Å². The molecule has 0 radical (unpaired) electrons. The number of unbranched alkanes of at least 4 members (excludes halogenated alkanes) is 1. The summed E-state index contributed by atoms with van der Waals surface area (Å²) in [6.45, 7) is 0.173. The van der Waals surface area contributed by atoms with Crippen molar-refractivity contribution < 1.29 is 19.5 Å². The summed E-state index contributed by atoms with van der Waals surface area (Å²) >= 11 is 0. The number of aliphatic carboxylic acids is 1. The van der Waals surface area contributed by atoms with Crippen molar-refractivity contribution in [1.29, 1.82) is 0 Å². The molecular weight excluding hydrogens is 264 g/mol. The van der Waals surface area contributed by atoms with E-state index in [1.54, 1.807) is 12.1 Å². The Kier molecular flexibility index (Phi) is 6.66. The average molecular weight is 280 g/mol. The zero-order chi connectivity index (χ0) is 14.8. The van der Waals surface area contributed by atoms with E-state index < -0.39 is 17.9 Å². The van der Waals surface area contributed by atoms with E-state index in [2.05, 4.69) is 20.8 Å². The van der Waals surface area contributed by atoms with Crippen LogP contribution in [0.3, 0.4) is 0 Å². The van der Waals surface area contributed by atoms with Gasteiger partial charge in [0.2, 0.25) is 5.91 Å². The van der Waals surface area contributed by atoms with Gasteiger partial charge in [0.15, 0.2) is 0 Å². The first kappa shape index (κ1) is 15.5. The SMILES string of the molecule is O=C(O)CCCCC(=O)NC(=O)NCc1cccnn1. The van der Waals surface area contributed by atoms with E-state index in [4.69, 9.17) is 5.11 Å². The largest absolute Gasteiger partial charge is 0.481 e. The number of hydrogen-bond acceptors (Lipinski definition) is 5. The van der Waals surface area contributed by atoms with Crippen LogP contribution in [0.5, 0.6) is 0 Å². The van der Waals surface area contributed by atoms with Crippen LogP contribution in [-0.2, 0) is 16.1 Å². The van der Waals surface area contributed by atoms with Gasteiger partial charge in [-0.2, -0.15) is 10.2 Å². The van der Waals surface area contributed by atoms with E-state index in [-0.39, 0.29) is 19.4 Å². The molecule has 0 atom stereocenters. The lowest BCUT2D eigenvalue weighted by atomic mass is 10.2. The maximum absolute atomic E-state index is 11.4. The number of imide groups is 1. The van der Waals surface area contributed by atoms with Gasteiger partial charge in [-0.3, -0.25) is 14.9 Å². The summed E-state index contributed by atoms with van der Waals surface area (Å²) in [5.41, 5.74) is 0.580. The maximum Gasteiger partial charge on any atom is 0.321 e. The van der Waals surface area contributed by atoms with E-state index in [0.29, 0.717) is 18.5 Å². The molecule has 0 aromatic carbocycles. The molecule has 0 bridgehead atoms. The van der Waals surface area contributed by atoms with Crippen molar-refractivity contribution in [3.05, 3.63) is 24.0 Å². The fourth-order valence-corrected chi connectivity index (χ4v) is 1.39. The summed E-state index contributed by atoms with van der Waals surface area (Å²) in [4.78, 5) is 33.0. The molecule has 0 aliphatic rings. The molecule has 1 aromatic rings. The molecule has 1 aromatic heterocycles. The maximum atomic E-state index is 11.4. The third kappa shape index (κ3) is 7.04. The van der Waals surface area contributed by atoms with Crippen molar-refractivity contribution in [2.24, 2.45) is 0 Å². The molecule has 0 fully saturated rings. The zero-order valence-electron chi connectivity index (χ0n) is 10.8. The topological polar surface area (TPSA) is 121 Å². The fraction of sp³-hybridized carbons (Fsp3) is 0.417. The van der Waals surface area contributed by atoms with E-state index in [1.165, 1.54) is 6.20 Å². The smallest absolute Gasteiger partial charge is 0.321 e. The molecule has 3 N–H and O–H groups in total. The van der Waals surface area contributed by atoms with Crippen LogP contribution in [-0.4, -0.2) is 33.2 Å². The van der Waals surface area contributed by atoms with Gasteiger partial charge in [0.25, 0.3) is 0 Å². The number of carbonyl (C=O) groups excluding carboxylic acids is 2. The molecule has 0 aliphatic heterocycles. The Morgan fingerprint density at radius 2 is 1.95 bits per heavy atom. The van der Waals surface area contributed by atoms with Gasteiger partial charge in [-0.25, -0.2) is 4.79 Å². The number of nitrogens with one attached hydrogen (secondary N) is 2. The Bertz CT molecular complexity index is 464. The van der Waals surface area contributed by atoms with Crippen molar-refractivity contribution >= 4 is 17.9 Å². The van der Waals surface area contributed by atoms with Gasteiger partial charge in [0.1, 0.15) is 0 Å². The van der Waals surface area contributed by atoms with Crippen LogP contribution in [0.1, 0.15) is 31.4 Å². The average Bonchev–Trinajstić information content (AvgIpc) is 2.42. The minimum atomic E-state index is -0.896. The molecule has 3 amide bonds. The first-order valence-electron chi connectivity index (χ1n) is 6.14. The molecular formula is C12H16N4O4. The molecule has 8 heteroatoms. The lowest BCUT2D eigenvalue weighted by molar-refractivity contribution is -0.137. The first-order valence-corrected chi connectivity index (χ1v) is 6.14. The molecule has 1 rings (SSSR count). The van der Waals surface area contributed by atoms with Crippen molar-refractivity contribution in [2.45, 2.75) is 32.2 Å². The van der Waals surface area contributed by atoms with Gasteiger partial charge in [0, 0.05) is 19.0 Å². The van der Waals surface area contributed by atoms with Gasteiger partial charge in [-0.05, 0) is 25.0 Å². The Balaban J connectivity index is 2.15. The van der Waals surface area contributed by atoms with Crippen LogP contribution in [0.25, 0.3) is 0 Å². The molecule has 8 nitrogen and oxygen atoms in total. The van der Waals surface area contributed by atoms with Crippen LogP contribution in [0.4, 0.5) is 4.79 Å². The molecule has 0 saturated heterocycles. The van der Waals surface area contributed by atoms with Gasteiger partial charge in [-0.15, -0.1) is 0 Å². The molecule has 0 aliphatic carbocycles. The summed E-state index contributed by atoms with van der Waals surface area (Å²) in [7, 11) is 0.